The van der Waals surface area contributed by atoms with Gasteiger partial charge in [0, 0.05) is 13.1 Å². The number of halogens is 1. The monoisotopic (exact) mass is 265 g/mol. The van der Waals surface area contributed by atoms with Crippen LogP contribution in [0.15, 0.2) is 18.2 Å². The van der Waals surface area contributed by atoms with E-state index in [1.807, 2.05) is 0 Å². The van der Waals surface area contributed by atoms with Gasteiger partial charge >= 0.3 is 5.97 Å². The first-order valence-electron chi connectivity index (χ1n) is 6.27. The second-order valence-corrected chi connectivity index (χ2v) is 4.91. The number of aliphatic carboxylic acids is 1. The van der Waals surface area contributed by atoms with Crippen LogP contribution in [-0.4, -0.2) is 35.0 Å². The average Bonchev–Trinajstić information content (AvgIpc) is 2.38. The topological polar surface area (TPSA) is 57.6 Å². The Bertz CT molecular complexity index is 515. The Morgan fingerprint density at radius 3 is 2.79 bits per heavy atom. The molecule has 4 nitrogen and oxygen atoms in total. The predicted octanol–water partition coefficient (Wildman–Crippen LogP) is 2.07. The zero-order chi connectivity index (χ0) is 14.0. The molecule has 1 N–H and O–H groups in total. The zero-order valence-corrected chi connectivity index (χ0v) is 10.7. The van der Waals surface area contributed by atoms with Crippen LogP contribution in [0.2, 0.25) is 0 Å². The first-order valence-corrected chi connectivity index (χ1v) is 6.27. The highest BCUT2D eigenvalue weighted by atomic mass is 19.1. The van der Waals surface area contributed by atoms with E-state index in [2.05, 4.69) is 0 Å². The molecule has 0 saturated carbocycles. The number of piperidine rings is 1. The molecule has 1 fully saturated rings. The summed E-state index contributed by atoms with van der Waals surface area (Å²) < 4.78 is 13.7. The highest BCUT2D eigenvalue weighted by Gasteiger charge is 2.29. The van der Waals surface area contributed by atoms with Crippen molar-refractivity contribution in [1.29, 1.82) is 0 Å². The summed E-state index contributed by atoms with van der Waals surface area (Å²) in [6.07, 6.45) is 1.20. The lowest BCUT2D eigenvalue weighted by Crippen LogP contribution is -2.42. The molecule has 0 aliphatic carbocycles. The Morgan fingerprint density at radius 2 is 2.16 bits per heavy atom. The van der Waals surface area contributed by atoms with Crippen LogP contribution in [0.4, 0.5) is 4.39 Å². The van der Waals surface area contributed by atoms with Gasteiger partial charge < -0.3 is 10.0 Å². The van der Waals surface area contributed by atoms with Crippen molar-refractivity contribution in [3.05, 3.63) is 35.1 Å². The molecule has 1 atom stereocenters. The minimum absolute atomic E-state index is 0.0108. The van der Waals surface area contributed by atoms with Gasteiger partial charge in [-0.2, -0.15) is 0 Å². The SMILES string of the molecule is Cc1ccc(C(=O)N2CCC[C@@H](C(=O)O)C2)c(F)c1. The second-order valence-electron chi connectivity index (χ2n) is 4.91. The lowest BCUT2D eigenvalue weighted by molar-refractivity contribution is -0.143. The maximum atomic E-state index is 13.7. The van der Waals surface area contributed by atoms with Crippen molar-refractivity contribution in [3.63, 3.8) is 0 Å². The van der Waals surface area contributed by atoms with Gasteiger partial charge in [0.05, 0.1) is 11.5 Å². The number of carboxylic acid groups (broad SMARTS) is 1. The molecule has 5 heteroatoms. The molecular formula is C14H16FNO3. The predicted molar refractivity (Wildman–Crippen MR) is 67.4 cm³/mol. The Balaban J connectivity index is 2.17. The third kappa shape index (κ3) is 2.92. The molecule has 1 aromatic carbocycles. The van der Waals surface area contributed by atoms with Crippen LogP contribution >= 0.6 is 0 Å². The van der Waals surface area contributed by atoms with E-state index in [0.29, 0.717) is 19.4 Å². The quantitative estimate of drug-likeness (QED) is 0.890. The van der Waals surface area contributed by atoms with E-state index in [-0.39, 0.29) is 12.1 Å². The number of carbonyl (C=O) groups excluding carboxylic acids is 1. The van der Waals surface area contributed by atoms with Gasteiger partial charge in [0.25, 0.3) is 5.91 Å². The molecule has 0 spiro atoms. The van der Waals surface area contributed by atoms with E-state index in [9.17, 15) is 14.0 Å². The summed E-state index contributed by atoms with van der Waals surface area (Å²) in [6.45, 7) is 2.39. The van der Waals surface area contributed by atoms with Gasteiger partial charge in [-0.1, -0.05) is 6.07 Å². The highest BCUT2D eigenvalue weighted by Crippen LogP contribution is 2.20. The van der Waals surface area contributed by atoms with Crippen molar-refractivity contribution in [1.82, 2.24) is 4.90 Å². The molecule has 1 saturated heterocycles. The van der Waals surface area contributed by atoms with Gasteiger partial charge in [0.15, 0.2) is 0 Å². The molecule has 1 amide bonds. The number of carbonyl (C=O) groups is 2. The van der Waals surface area contributed by atoms with Crippen molar-refractivity contribution in [2.75, 3.05) is 13.1 Å². The van der Waals surface area contributed by atoms with E-state index in [4.69, 9.17) is 5.11 Å². The highest BCUT2D eigenvalue weighted by molar-refractivity contribution is 5.94. The second kappa shape index (κ2) is 5.38. The van der Waals surface area contributed by atoms with Crippen molar-refractivity contribution in [2.45, 2.75) is 19.8 Å². The summed E-state index contributed by atoms with van der Waals surface area (Å²) in [5.41, 5.74) is 0.757. The minimum atomic E-state index is -0.901. The third-order valence-electron chi connectivity index (χ3n) is 3.41. The van der Waals surface area contributed by atoms with Crippen LogP contribution in [0.25, 0.3) is 0 Å². The van der Waals surface area contributed by atoms with Crippen LogP contribution < -0.4 is 0 Å². The zero-order valence-electron chi connectivity index (χ0n) is 10.7. The van der Waals surface area contributed by atoms with Gasteiger partial charge in [0.1, 0.15) is 5.82 Å². The number of benzene rings is 1. The Morgan fingerprint density at radius 1 is 1.42 bits per heavy atom. The maximum Gasteiger partial charge on any atom is 0.308 e. The van der Waals surface area contributed by atoms with Crippen molar-refractivity contribution >= 4 is 11.9 Å². The lowest BCUT2D eigenvalue weighted by atomic mass is 9.97. The Hall–Kier alpha value is -1.91. The number of likely N-dealkylation sites (tertiary alicyclic amines) is 1. The summed E-state index contributed by atoms with van der Waals surface area (Å²) in [5.74, 6) is -2.43. The summed E-state index contributed by atoms with van der Waals surface area (Å²) >= 11 is 0. The first kappa shape index (κ1) is 13.5. The maximum absolute atomic E-state index is 13.7. The molecule has 19 heavy (non-hydrogen) atoms. The number of rotatable bonds is 2. The molecule has 0 unspecified atom stereocenters. The van der Waals surface area contributed by atoms with E-state index < -0.39 is 23.6 Å². The van der Waals surface area contributed by atoms with Gasteiger partial charge in [0.2, 0.25) is 0 Å². The fraction of sp³-hybridized carbons (Fsp3) is 0.429. The van der Waals surface area contributed by atoms with E-state index in [1.165, 1.54) is 17.0 Å². The molecule has 0 bridgehead atoms. The first-order chi connectivity index (χ1) is 8.99. The van der Waals surface area contributed by atoms with Crippen molar-refractivity contribution < 1.29 is 19.1 Å². The minimum Gasteiger partial charge on any atom is -0.481 e. The molecule has 102 valence electrons. The van der Waals surface area contributed by atoms with Crippen LogP contribution in [0.1, 0.15) is 28.8 Å². The fourth-order valence-corrected chi connectivity index (χ4v) is 2.33. The largest absolute Gasteiger partial charge is 0.481 e. The normalized spacial score (nSPS) is 19.3. The number of hydrogen-bond acceptors (Lipinski definition) is 2. The molecule has 1 aromatic rings. The number of hydrogen-bond donors (Lipinski definition) is 1. The number of nitrogens with zero attached hydrogens (tertiary/aromatic N) is 1. The third-order valence-corrected chi connectivity index (χ3v) is 3.41. The molecular weight excluding hydrogens is 249 g/mol. The standard InChI is InChI=1S/C14H16FNO3/c1-9-4-5-11(12(15)7-9)13(17)16-6-2-3-10(8-16)14(18)19/h4-5,7,10H,2-3,6,8H2,1H3,(H,18,19)/t10-/m1/s1. The summed E-state index contributed by atoms with van der Waals surface area (Å²) in [4.78, 5) is 24.6. The number of carboxylic acids is 1. The van der Waals surface area contributed by atoms with Crippen LogP contribution in [-0.2, 0) is 4.79 Å². The molecule has 1 aliphatic heterocycles. The average molecular weight is 265 g/mol. The molecule has 1 aliphatic rings. The van der Waals surface area contributed by atoms with Crippen molar-refractivity contribution in [2.24, 2.45) is 5.92 Å². The van der Waals surface area contributed by atoms with Crippen LogP contribution in [0, 0.1) is 18.7 Å². The Kier molecular flexibility index (Phi) is 3.83. The smallest absolute Gasteiger partial charge is 0.308 e. The van der Waals surface area contributed by atoms with Gasteiger partial charge in [-0.25, -0.2) is 4.39 Å². The summed E-state index contributed by atoms with van der Waals surface area (Å²) in [6, 6.07) is 4.44. The fourth-order valence-electron chi connectivity index (χ4n) is 2.33. The van der Waals surface area contributed by atoms with E-state index in [1.54, 1.807) is 13.0 Å². The summed E-state index contributed by atoms with van der Waals surface area (Å²) in [7, 11) is 0. The Labute approximate surface area is 110 Å². The van der Waals surface area contributed by atoms with Gasteiger partial charge in [-0.05, 0) is 37.5 Å². The number of aryl methyl sites for hydroxylation is 1. The molecule has 1 heterocycles. The summed E-state index contributed by atoms with van der Waals surface area (Å²) in [5, 5.41) is 8.99. The molecule has 0 aromatic heterocycles. The molecule has 0 radical (unpaired) electrons. The van der Waals surface area contributed by atoms with Crippen LogP contribution in [0.5, 0.6) is 0 Å². The molecule has 2 rings (SSSR count). The lowest BCUT2D eigenvalue weighted by Gasteiger charge is -2.30. The van der Waals surface area contributed by atoms with Gasteiger partial charge in [-0.3, -0.25) is 9.59 Å². The number of amides is 1. The van der Waals surface area contributed by atoms with E-state index >= 15 is 0 Å². The van der Waals surface area contributed by atoms with Crippen LogP contribution in [0.3, 0.4) is 0 Å². The van der Waals surface area contributed by atoms with E-state index in [0.717, 1.165) is 5.56 Å². The van der Waals surface area contributed by atoms with Gasteiger partial charge in [-0.15, -0.1) is 0 Å². The van der Waals surface area contributed by atoms with Crippen molar-refractivity contribution in [3.8, 4) is 0 Å².